The summed E-state index contributed by atoms with van der Waals surface area (Å²) >= 11 is 3.55. The maximum atomic E-state index is 12.4. The van der Waals surface area contributed by atoms with E-state index in [4.69, 9.17) is 5.10 Å². The van der Waals surface area contributed by atoms with Crippen LogP contribution in [0.2, 0.25) is 0 Å². The van der Waals surface area contributed by atoms with Gasteiger partial charge in [-0.05, 0) is 68.4 Å². The Balaban J connectivity index is 1.18. The van der Waals surface area contributed by atoms with Gasteiger partial charge in [0.05, 0.1) is 21.9 Å². The van der Waals surface area contributed by atoms with E-state index in [1.54, 1.807) is 6.20 Å². The van der Waals surface area contributed by atoms with Gasteiger partial charge >= 0.3 is 0 Å². The zero-order valence-corrected chi connectivity index (χ0v) is 22.8. The van der Waals surface area contributed by atoms with Gasteiger partial charge in [0, 0.05) is 49.5 Å². The van der Waals surface area contributed by atoms with Crippen LogP contribution >= 0.6 is 15.9 Å². The molecule has 5 rings (SSSR count). The molecule has 190 valence electrons. The lowest BCUT2D eigenvalue weighted by molar-refractivity contribution is -0.134. The predicted octanol–water partition coefficient (Wildman–Crippen LogP) is 4.35. The molecule has 3 saturated heterocycles. The van der Waals surface area contributed by atoms with Crippen molar-refractivity contribution in [3.63, 3.8) is 0 Å². The Bertz CT molecular complexity index is 1070. The Labute approximate surface area is 216 Å². The fourth-order valence-corrected chi connectivity index (χ4v) is 6.13. The van der Waals surface area contributed by atoms with E-state index in [2.05, 4.69) is 59.4 Å². The Morgan fingerprint density at radius 1 is 1.20 bits per heavy atom. The lowest BCUT2D eigenvalue weighted by Crippen LogP contribution is -2.40. The molecule has 2 aromatic rings. The van der Waals surface area contributed by atoms with E-state index in [9.17, 15) is 4.79 Å². The van der Waals surface area contributed by atoms with E-state index in [1.807, 2.05) is 25.7 Å². The van der Waals surface area contributed by atoms with Crippen molar-refractivity contribution in [1.82, 2.24) is 29.5 Å². The van der Waals surface area contributed by atoms with Crippen LogP contribution in [0.15, 0.2) is 16.9 Å². The monoisotopic (exact) mass is 544 g/mol. The second-order valence-corrected chi connectivity index (χ2v) is 11.9. The van der Waals surface area contributed by atoms with Gasteiger partial charge in [0.15, 0.2) is 0 Å². The van der Waals surface area contributed by atoms with Crippen molar-refractivity contribution in [2.45, 2.75) is 77.4 Å². The molecular weight excluding hydrogens is 508 g/mol. The number of amides is 1. The highest BCUT2D eigenvalue weighted by Crippen LogP contribution is 2.40. The highest BCUT2D eigenvalue weighted by molar-refractivity contribution is 9.10. The average molecular weight is 546 g/mol. The molecule has 2 aromatic heterocycles. The third-order valence-corrected chi connectivity index (χ3v) is 8.71. The van der Waals surface area contributed by atoms with Gasteiger partial charge in [-0.25, -0.2) is 4.98 Å². The van der Waals surface area contributed by atoms with E-state index in [1.165, 1.54) is 12.8 Å². The van der Waals surface area contributed by atoms with Crippen LogP contribution in [0.3, 0.4) is 0 Å². The van der Waals surface area contributed by atoms with Crippen molar-refractivity contribution in [3.05, 3.63) is 22.6 Å². The number of aromatic nitrogens is 4. The van der Waals surface area contributed by atoms with Crippen molar-refractivity contribution in [2.75, 3.05) is 37.3 Å². The minimum atomic E-state index is -0.220. The van der Waals surface area contributed by atoms with E-state index >= 15 is 0 Å². The van der Waals surface area contributed by atoms with Crippen molar-refractivity contribution in [3.8, 4) is 0 Å². The number of hydrogen-bond donors (Lipinski definition) is 2. The standard InChI is InChI=1S/C25H37BrN8O/c1-16-21(15-34(31-16)19-12-17-6-7-18(13-19)32(17)4)29-24-28-14-20(26)22(30-24)27-9-5-10-33-11-8-25(2,3)23(33)35/h14-15,17-19H,5-13H2,1-4H3,(H2,27,28,29,30). The van der Waals surface area contributed by atoms with E-state index in [0.29, 0.717) is 24.1 Å². The highest BCUT2D eigenvalue weighted by Gasteiger charge is 2.39. The molecule has 0 saturated carbocycles. The number of carbonyl (C=O) groups excluding carboxylic acids is 1. The quantitative estimate of drug-likeness (QED) is 0.477. The zero-order valence-electron chi connectivity index (χ0n) is 21.2. The number of piperidine rings is 1. The van der Waals surface area contributed by atoms with E-state index in [0.717, 1.165) is 67.0 Å². The minimum Gasteiger partial charge on any atom is -0.369 e. The second-order valence-electron chi connectivity index (χ2n) is 11.0. The van der Waals surface area contributed by atoms with Gasteiger partial charge in [-0.1, -0.05) is 13.8 Å². The summed E-state index contributed by atoms with van der Waals surface area (Å²) in [4.78, 5) is 26.1. The summed E-state index contributed by atoms with van der Waals surface area (Å²) in [5, 5.41) is 11.6. The Kier molecular flexibility index (Phi) is 6.78. The molecule has 2 bridgehead atoms. The average Bonchev–Trinajstić information content (AvgIpc) is 3.36. The number of rotatable bonds is 8. The zero-order chi connectivity index (χ0) is 24.7. The maximum Gasteiger partial charge on any atom is 0.229 e. The van der Waals surface area contributed by atoms with Crippen molar-refractivity contribution < 1.29 is 4.79 Å². The van der Waals surface area contributed by atoms with Gasteiger partial charge in [0.1, 0.15) is 5.82 Å². The molecule has 1 amide bonds. The van der Waals surface area contributed by atoms with Gasteiger partial charge in [0.25, 0.3) is 0 Å². The van der Waals surface area contributed by atoms with Crippen molar-refractivity contribution in [2.24, 2.45) is 5.41 Å². The van der Waals surface area contributed by atoms with Crippen LogP contribution in [0.4, 0.5) is 17.5 Å². The maximum absolute atomic E-state index is 12.4. The van der Waals surface area contributed by atoms with Crippen LogP contribution in [0, 0.1) is 12.3 Å². The molecule has 0 spiro atoms. The van der Waals surface area contributed by atoms with Crippen LogP contribution in [-0.4, -0.2) is 74.2 Å². The Morgan fingerprint density at radius 2 is 1.94 bits per heavy atom. The lowest BCUT2D eigenvalue weighted by Gasteiger charge is -2.36. The predicted molar refractivity (Wildman–Crippen MR) is 141 cm³/mol. The first-order chi connectivity index (χ1) is 16.7. The molecule has 3 aliphatic heterocycles. The SMILES string of the molecule is Cc1nn(C2CC3CCC(C2)N3C)cc1Nc1ncc(Br)c(NCCCN2CCC(C)(C)C2=O)n1. The van der Waals surface area contributed by atoms with Gasteiger partial charge in [-0.3, -0.25) is 9.48 Å². The van der Waals surface area contributed by atoms with Crippen LogP contribution in [0.1, 0.15) is 64.1 Å². The molecule has 10 heteroatoms. The van der Waals surface area contributed by atoms with Gasteiger partial charge < -0.3 is 20.4 Å². The number of carbonyl (C=O) groups is 1. The molecule has 0 aromatic carbocycles. The summed E-state index contributed by atoms with van der Waals surface area (Å²) in [6.45, 7) is 8.44. The van der Waals surface area contributed by atoms with Gasteiger partial charge in [-0.2, -0.15) is 10.1 Å². The molecule has 9 nitrogen and oxygen atoms in total. The molecule has 0 radical (unpaired) electrons. The summed E-state index contributed by atoms with van der Waals surface area (Å²) in [5.74, 6) is 1.54. The summed E-state index contributed by atoms with van der Waals surface area (Å²) < 4.78 is 2.96. The van der Waals surface area contributed by atoms with Crippen molar-refractivity contribution in [1.29, 1.82) is 0 Å². The normalized spacial score (nSPS) is 25.9. The Hall–Kier alpha value is -2.20. The summed E-state index contributed by atoms with van der Waals surface area (Å²) in [6, 6.07) is 1.81. The van der Waals surface area contributed by atoms with Gasteiger partial charge in [0.2, 0.25) is 11.9 Å². The van der Waals surface area contributed by atoms with Crippen LogP contribution in [-0.2, 0) is 4.79 Å². The fourth-order valence-electron chi connectivity index (χ4n) is 5.80. The second kappa shape index (κ2) is 9.69. The smallest absolute Gasteiger partial charge is 0.229 e. The topological polar surface area (TPSA) is 91.2 Å². The largest absolute Gasteiger partial charge is 0.369 e. The number of nitrogens with zero attached hydrogens (tertiary/aromatic N) is 6. The first-order valence-electron chi connectivity index (χ1n) is 12.8. The molecule has 5 heterocycles. The molecule has 2 unspecified atom stereocenters. The van der Waals surface area contributed by atoms with Crippen LogP contribution in [0.5, 0.6) is 0 Å². The number of fused-ring (bicyclic) bond motifs is 2. The van der Waals surface area contributed by atoms with E-state index < -0.39 is 0 Å². The molecule has 0 aliphatic carbocycles. The first-order valence-corrected chi connectivity index (χ1v) is 13.6. The van der Waals surface area contributed by atoms with Gasteiger partial charge in [-0.15, -0.1) is 0 Å². The van der Waals surface area contributed by atoms with E-state index in [-0.39, 0.29) is 11.3 Å². The Morgan fingerprint density at radius 3 is 2.63 bits per heavy atom. The fraction of sp³-hybridized carbons (Fsp3) is 0.680. The third kappa shape index (κ3) is 5.05. The molecule has 2 N–H and O–H groups in total. The summed E-state index contributed by atoms with van der Waals surface area (Å²) in [5.41, 5.74) is 1.68. The van der Waals surface area contributed by atoms with Crippen molar-refractivity contribution >= 4 is 39.3 Å². The first kappa shape index (κ1) is 24.5. The molecule has 3 fully saturated rings. The third-order valence-electron chi connectivity index (χ3n) is 8.12. The summed E-state index contributed by atoms with van der Waals surface area (Å²) in [6.07, 6.45) is 10.6. The molecule has 35 heavy (non-hydrogen) atoms. The number of likely N-dealkylation sites (tertiary alicyclic amines) is 1. The number of halogens is 1. The minimum absolute atomic E-state index is 0.220. The van der Waals surface area contributed by atoms with Crippen LogP contribution in [0.25, 0.3) is 0 Å². The molecular formula is C25H37BrN8O. The number of aryl methyl sites for hydroxylation is 1. The number of hydrogen-bond acceptors (Lipinski definition) is 7. The van der Waals surface area contributed by atoms with Crippen LogP contribution < -0.4 is 10.6 Å². The summed E-state index contributed by atoms with van der Waals surface area (Å²) in [7, 11) is 2.27. The highest BCUT2D eigenvalue weighted by atomic mass is 79.9. The molecule has 3 aliphatic rings. The number of nitrogens with one attached hydrogen (secondary N) is 2. The molecule has 2 atom stereocenters. The number of anilines is 3. The lowest BCUT2D eigenvalue weighted by atomic mass is 9.92.